The highest BCUT2D eigenvalue weighted by atomic mass is 127. The van der Waals surface area contributed by atoms with E-state index in [-0.39, 0.29) is 35.8 Å². The van der Waals surface area contributed by atoms with Gasteiger partial charge in [0.1, 0.15) is 0 Å². The molecule has 3 rings (SSSR count). The minimum Gasteiger partial charge on any atom is -0.369 e. The van der Waals surface area contributed by atoms with Crippen molar-refractivity contribution in [3.8, 4) is 0 Å². The van der Waals surface area contributed by atoms with Gasteiger partial charge in [0.2, 0.25) is 5.91 Å². The second-order valence-electron chi connectivity index (χ2n) is 8.42. The molecule has 2 saturated heterocycles. The van der Waals surface area contributed by atoms with E-state index in [9.17, 15) is 4.79 Å². The van der Waals surface area contributed by atoms with Crippen molar-refractivity contribution < 1.29 is 4.79 Å². The van der Waals surface area contributed by atoms with Crippen LogP contribution in [0.4, 0.5) is 5.69 Å². The van der Waals surface area contributed by atoms with E-state index in [2.05, 4.69) is 33.0 Å². The fourth-order valence-corrected chi connectivity index (χ4v) is 4.53. The molecule has 0 radical (unpaired) electrons. The Morgan fingerprint density at radius 3 is 2.50 bits per heavy atom. The topological polar surface area (TPSA) is 77.2 Å². The summed E-state index contributed by atoms with van der Waals surface area (Å²) in [6.07, 6.45) is 4.01. The molecule has 2 aliphatic rings. The molecule has 1 amide bonds. The maximum atomic E-state index is 11.3. The number of benzene rings is 1. The Morgan fingerprint density at radius 1 is 1.16 bits per heavy atom. The van der Waals surface area contributed by atoms with Gasteiger partial charge >= 0.3 is 0 Å². The van der Waals surface area contributed by atoms with Gasteiger partial charge in [-0.2, -0.15) is 0 Å². The third-order valence-electron chi connectivity index (χ3n) is 6.22. The molecule has 1 aromatic carbocycles. The average Bonchev–Trinajstić information content (AvgIpc) is 2.78. The molecular weight excluding hydrogens is 539 g/mol. The number of primary amides is 1. The summed E-state index contributed by atoms with van der Waals surface area (Å²) in [7, 11) is 0. The van der Waals surface area contributed by atoms with E-state index < -0.39 is 0 Å². The predicted octanol–water partition coefficient (Wildman–Crippen LogP) is 3.02. The first-order chi connectivity index (χ1) is 15.1. The molecule has 0 unspecified atom stereocenters. The molecule has 9 heteroatoms. The molecule has 0 bridgehead atoms. The van der Waals surface area contributed by atoms with Gasteiger partial charge in [-0.1, -0.05) is 17.7 Å². The van der Waals surface area contributed by atoms with Crippen LogP contribution in [0.1, 0.15) is 32.6 Å². The predicted molar refractivity (Wildman–Crippen MR) is 144 cm³/mol. The number of piperidine rings is 1. The van der Waals surface area contributed by atoms with Crippen LogP contribution >= 0.6 is 35.6 Å². The van der Waals surface area contributed by atoms with Crippen LogP contribution in [0.5, 0.6) is 0 Å². The maximum absolute atomic E-state index is 11.3. The van der Waals surface area contributed by atoms with Crippen molar-refractivity contribution in [2.45, 2.75) is 32.6 Å². The summed E-state index contributed by atoms with van der Waals surface area (Å²) in [5, 5.41) is 4.24. The van der Waals surface area contributed by atoms with Crippen LogP contribution in [0, 0.1) is 5.92 Å². The molecule has 3 N–H and O–H groups in total. The molecule has 7 nitrogen and oxygen atoms in total. The van der Waals surface area contributed by atoms with Gasteiger partial charge in [-0.15, -0.1) is 24.0 Å². The lowest BCUT2D eigenvalue weighted by atomic mass is 9.96. The van der Waals surface area contributed by atoms with Crippen molar-refractivity contribution >= 4 is 53.1 Å². The van der Waals surface area contributed by atoms with E-state index >= 15 is 0 Å². The minimum atomic E-state index is -0.140. The van der Waals surface area contributed by atoms with E-state index in [1.807, 2.05) is 18.2 Å². The quantitative estimate of drug-likeness (QED) is 0.215. The lowest BCUT2D eigenvalue weighted by molar-refractivity contribution is -0.123. The zero-order chi connectivity index (χ0) is 22.1. The SMILES string of the molecule is CCNC(=NCCCCN1CCC(C(N)=O)CC1)N1CCN(c2cccc(Cl)c2)CC1.I. The Hall–Kier alpha value is -1.26. The molecule has 0 aliphatic carbocycles. The lowest BCUT2D eigenvalue weighted by Crippen LogP contribution is -2.52. The molecule has 0 aromatic heterocycles. The van der Waals surface area contributed by atoms with Gasteiger partial charge in [0, 0.05) is 55.9 Å². The summed E-state index contributed by atoms with van der Waals surface area (Å²) in [6, 6.07) is 8.08. The zero-order valence-corrected chi connectivity index (χ0v) is 22.2. The zero-order valence-electron chi connectivity index (χ0n) is 19.1. The second kappa shape index (κ2) is 14.1. The number of piperazine rings is 1. The van der Waals surface area contributed by atoms with Gasteiger partial charge in [0.05, 0.1) is 0 Å². The third-order valence-corrected chi connectivity index (χ3v) is 6.46. The van der Waals surface area contributed by atoms with E-state index in [1.54, 1.807) is 0 Å². The van der Waals surface area contributed by atoms with Gasteiger partial charge < -0.3 is 25.8 Å². The van der Waals surface area contributed by atoms with Crippen LogP contribution in [-0.2, 0) is 4.79 Å². The number of likely N-dealkylation sites (tertiary alicyclic amines) is 1. The first-order valence-electron chi connectivity index (χ1n) is 11.6. The Balaban J connectivity index is 0.00000363. The van der Waals surface area contributed by atoms with Crippen molar-refractivity contribution in [1.82, 2.24) is 15.1 Å². The maximum Gasteiger partial charge on any atom is 0.220 e. The standard InChI is InChI=1S/C23H37ClN6O.HI/c1-2-26-23(27-10-3-4-11-28-12-8-19(9-13-28)22(25)31)30-16-14-29(15-17-30)21-7-5-6-20(24)18-21;/h5-7,18-19H,2-4,8-17H2,1H3,(H2,25,31)(H,26,27);1H. The number of carbonyl (C=O) groups excluding carboxylic acids is 1. The van der Waals surface area contributed by atoms with E-state index in [1.165, 1.54) is 5.69 Å². The van der Waals surface area contributed by atoms with E-state index in [0.717, 1.165) is 95.6 Å². The van der Waals surface area contributed by atoms with Crippen molar-refractivity contribution in [3.05, 3.63) is 29.3 Å². The first-order valence-corrected chi connectivity index (χ1v) is 12.0. The molecular formula is C23H38ClIN6O. The highest BCUT2D eigenvalue weighted by Crippen LogP contribution is 2.21. The molecule has 1 aromatic rings. The summed E-state index contributed by atoms with van der Waals surface area (Å²) in [5.41, 5.74) is 6.61. The molecule has 180 valence electrons. The molecule has 32 heavy (non-hydrogen) atoms. The number of hydrogen-bond donors (Lipinski definition) is 2. The molecule has 2 aliphatic heterocycles. The summed E-state index contributed by atoms with van der Waals surface area (Å²) in [5.74, 6) is 0.955. The number of halogens is 2. The number of aliphatic imine (C=N–C) groups is 1. The normalized spacial score (nSPS) is 18.4. The van der Waals surface area contributed by atoms with Crippen LogP contribution < -0.4 is 16.0 Å². The average molecular weight is 577 g/mol. The Morgan fingerprint density at radius 2 is 1.88 bits per heavy atom. The van der Waals surface area contributed by atoms with Gasteiger partial charge in [-0.05, 0) is 70.4 Å². The van der Waals surface area contributed by atoms with Gasteiger partial charge in [-0.25, -0.2) is 0 Å². The number of rotatable bonds is 8. The molecule has 0 spiro atoms. The number of amides is 1. The molecule has 2 fully saturated rings. The van der Waals surface area contributed by atoms with Crippen LogP contribution in [0.15, 0.2) is 29.3 Å². The summed E-state index contributed by atoms with van der Waals surface area (Å²) >= 11 is 6.15. The Bertz CT molecular complexity index is 733. The van der Waals surface area contributed by atoms with Crippen LogP contribution in [0.2, 0.25) is 5.02 Å². The van der Waals surface area contributed by atoms with Crippen molar-refractivity contribution in [2.75, 3.05) is 63.8 Å². The van der Waals surface area contributed by atoms with Crippen molar-refractivity contribution in [2.24, 2.45) is 16.6 Å². The largest absolute Gasteiger partial charge is 0.369 e. The Kier molecular flexibility index (Phi) is 11.9. The van der Waals surface area contributed by atoms with Gasteiger partial charge in [0.15, 0.2) is 5.96 Å². The number of carbonyl (C=O) groups is 1. The number of anilines is 1. The fraction of sp³-hybridized carbons (Fsp3) is 0.652. The van der Waals surface area contributed by atoms with Crippen LogP contribution in [0.25, 0.3) is 0 Å². The highest BCUT2D eigenvalue weighted by molar-refractivity contribution is 14.0. The lowest BCUT2D eigenvalue weighted by Gasteiger charge is -2.37. The molecule has 0 atom stereocenters. The monoisotopic (exact) mass is 576 g/mol. The van der Waals surface area contributed by atoms with Crippen LogP contribution in [0.3, 0.4) is 0 Å². The Labute approximate surface area is 214 Å². The first kappa shape index (κ1) is 27.0. The van der Waals surface area contributed by atoms with Gasteiger partial charge in [0.25, 0.3) is 0 Å². The number of nitrogens with zero attached hydrogens (tertiary/aromatic N) is 4. The van der Waals surface area contributed by atoms with E-state index in [0.29, 0.717) is 0 Å². The van der Waals surface area contributed by atoms with Crippen LogP contribution in [-0.4, -0.2) is 80.6 Å². The summed E-state index contributed by atoms with van der Waals surface area (Å²) in [6.45, 7) is 10.7. The van der Waals surface area contributed by atoms with Crippen molar-refractivity contribution in [1.29, 1.82) is 0 Å². The minimum absolute atomic E-state index is 0. The smallest absolute Gasteiger partial charge is 0.220 e. The summed E-state index contributed by atoms with van der Waals surface area (Å²) in [4.78, 5) is 23.4. The number of nitrogens with two attached hydrogens (primary N) is 1. The van der Waals surface area contributed by atoms with Gasteiger partial charge in [-0.3, -0.25) is 9.79 Å². The third kappa shape index (κ3) is 8.26. The summed E-state index contributed by atoms with van der Waals surface area (Å²) < 4.78 is 0. The molecule has 2 heterocycles. The van der Waals surface area contributed by atoms with Crippen molar-refractivity contribution in [3.63, 3.8) is 0 Å². The number of unbranched alkanes of at least 4 members (excludes halogenated alkanes) is 1. The number of hydrogen-bond acceptors (Lipinski definition) is 4. The highest BCUT2D eigenvalue weighted by Gasteiger charge is 2.23. The number of guanidine groups is 1. The van der Waals surface area contributed by atoms with E-state index in [4.69, 9.17) is 22.3 Å². The molecule has 0 saturated carbocycles. The second-order valence-corrected chi connectivity index (χ2v) is 8.85. The fourth-order valence-electron chi connectivity index (χ4n) is 4.35. The number of nitrogens with one attached hydrogen (secondary N) is 1.